The highest BCUT2D eigenvalue weighted by Gasteiger charge is 2.09. The van der Waals surface area contributed by atoms with Gasteiger partial charge in [-0.25, -0.2) is 4.98 Å². The summed E-state index contributed by atoms with van der Waals surface area (Å²) in [6.07, 6.45) is 5.19. The van der Waals surface area contributed by atoms with Crippen molar-refractivity contribution in [3.05, 3.63) is 36.5 Å². The van der Waals surface area contributed by atoms with Crippen LogP contribution in [0.2, 0.25) is 0 Å². The van der Waals surface area contributed by atoms with Crippen molar-refractivity contribution in [2.75, 3.05) is 23.3 Å². The molecular weight excluding hydrogens is 228 g/mol. The minimum Gasteiger partial charge on any atom is -0.467 e. The highest BCUT2D eigenvalue weighted by molar-refractivity contribution is 5.43. The Labute approximate surface area is 107 Å². The first kappa shape index (κ1) is 12.4. The second-order valence-electron chi connectivity index (χ2n) is 3.89. The van der Waals surface area contributed by atoms with Gasteiger partial charge in [-0.15, -0.1) is 0 Å². The summed E-state index contributed by atoms with van der Waals surface area (Å²) < 4.78 is 5.36. The fraction of sp³-hybridized carbons (Fsp3) is 0.385. The maximum atomic E-state index is 5.36. The smallest absolute Gasteiger partial charge is 0.149 e. The number of rotatable bonds is 6. The average molecular weight is 246 g/mol. The topological polar surface area (TPSA) is 54.2 Å². The Morgan fingerprint density at radius 2 is 2.22 bits per heavy atom. The van der Waals surface area contributed by atoms with Crippen molar-refractivity contribution in [2.24, 2.45) is 0 Å². The van der Waals surface area contributed by atoms with Crippen LogP contribution < -0.4 is 10.2 Å². The van der Waals surface area contributed by atoms with E-state index in [9.17, 15) is 0 Å². The zero-order valence-corrected chi connectivity index (χ0v) is 10.8. The van der Waals surface area contributed by atoms with Crippen LogP contribution in [0.15, 0.2) is 35.2 Å². The Hall–Kier alpha value is -2.04. The molecule has 0 saturated heterocycles. The van der Waals surface area contributed by atoms with Crippen molar-refractivity contribution in [1.29, 1.82) is 0 Å². The second kappa shape index (κ2) is 6.05. The third kappa shape index (κ3) is 3.00. The monoisotopic (exact) mass is 246 g/mol. The van der Waals surface area contributed by atoms with Gasteiger partial charge in [-0.3, -0.25) is 4.98 Å². The van der Waals surface area contributed by atoms with Gasteiger partial charge in [-0.1, -0.05) is 0 Å². The van der Waals surface area contributed by atoms with Crippen LogP contribution in [0, 0.1) is 0 Å². The van der Waals surface area contributed by atoms with Crippen LogP contribution in [0.3, 0.4) is 0 Å². The summed E-state index contributed by atoms with van der Waals surface area (Å²) in [5, 5.41) is 3.16. The lowest BCUT2D eigenvalue weighted by Crippen LogP contribution is -2.23. The lowest BCUT2D eigenvalue weighted by atomic mass is 10.4. The maximum Gasteiger partial charge on any atom is 0.149 e. The summed E-state index contributed by atoms with van der Waals surface area (Å²) in [5.74, 6) is 2.58. The molecule has 2 heterocycles. The summed E-state index contributed by atoms with van der Waals surface area (Å²) in [7, 11) is 0. The van der Waals surface area contributed by atoms with E-state index in [0.29, 0.717) is 6.54 Å². The molecule has 0 aromatic carbocycles. The Bertz CT molecular complexity index is 470. The minimum absolute atomic E-state index is 0.702. The number of furan rings is 1. The Kier molecular flexibility index (Phi) is 4.17. The predicted molar refractivity (Wildman–Crippen MR) is 71.6 cm³/mol. The van der Waals surface area contributed by atoms with Gasteiger partial charge in [0.05, 0.1) is 25.2 Å². The molecule has 18 heavy (non-hydrogen) atoms. The minimum atomic E-state index is 0.702. The van der Waals surface area contributed by atoms with E-state index in [-0.39, 0.29) is 0 Å². The number of aromatic nitrogens is 2. The summed E-state index contributed by atoms with van der Waals surface area (Å²) in [5.41, 5.74) is 0. The molecule has 0 spiro atoms. The van der Waals surface area contributed by atoms with E-state index in [0.717, 1.165) is 30.5 Å². The van der Waals surface area contributed by atoms with Gasteiger partial charge in [0, 0.05) is 13.1 Å². The molecule has 2 rings (SSSR count). The van der Waals surface area contributed by atoms with E-state index >= 15 is 0 Å². The summed E-state index contributed by atoms with van der Waals surface area (Å²) in [6, 6.07) is 3.86. The zero-order valence-electron chi connectivity index (χ0n) is 10.8. The van der Waals surface area contributed by atoms with E-state index in [2.05, 4.69) is 27.1 Å². The van der Waals surface area contributed by atoms with E-state index in [1.54, 1.807) is 18.7 Å². The molecule has 0 aliphatic carbocycles. The largest absolute Gasteiger partial charge is 0.467 e. The Morgan fingerprint density at radius 3 is 2.89 bits per heavy atom. The molecule has 0 fully saturated rings. The predicted octanol–water partition coefficient (Wildman–Crippen LogP) is 2.53. The molecule has 0 saturated carbocycles. The first-order chi connectivity index (χ1) is 8.83. The van der Waals surface area contributed by atoms with E-state index < -0.39 is 0 Å². The molecule has 5 heteroatoms. The van der Waals surface area contributed by atoms with E-state index in [1.807, 2.05) is 19.1 Å². The van der Waals surface area contributed by atoms with Crippen LogP contribution in [0.25, 0.3) is 0 Å². The first-order valence-corrected chi connectivity index (χ1v) is 6.16. The molecule has 0 atom stereocenters. The van der Waals surface area contributed by atoms with Crippen molar-refractivity contribution < 1.29 is 4.42 Å². The molecule has 96 valence electrons. The number of hydrogen-bond donors (Lipinski definition) is 1. The van der Waals surface area contributed by atoms with Gasteiger partial charge >= 0.3 is 0 Å². The molecule has 1 N–H and O–H groups in total. The van der Waals surface area contributed by atoms with Crippen LogP contribution in [-0.2, 0) is 6.54 Å². The Balaban J connectivity index is 2.13. The van der Waals surface area contributed by atoms with Crippen molar-refractivity contribution in [3.63, 3.8) is 0 Å². The van der Waals surface area contributed by atoms with Gasteiger partial charge in [-0.2, -0.15) is 0 Å². The second-order valence-corrected chi connectivity index (χ2v) is 3.89. The van der Waals surface area contributed by atoms with Gasteiger partial charge in [0.15, 0.2) is 0 Å². The van der Waals surface area contributed by atoms with Crippen LogP contribution in [-0.4, -0.2) is 23.1 Å². The molecule has 0 amide bonds. The summed E-state index contributed by atoms with van der Waals surface area (Å²) >= 11 is 0. The highest BCUT2D eigenvalue weighted by atomic mass is 16.3. The third-order valence-corrected chi connectivity index (χ3v) is 2.61. The lowest BCUT2D eigenvalue weighted by Gasteiger charge is -2.20. The van der Waals surface area contributed by atoms with E-state index in [4.69, 9.17) is 4.42 Å². The van der Waals surface area contributed by atoms with Gasteiger partial charge < -0.3 is 14.6 Å². The van der Waals surface area contributed by atoms with Gasteiger partial charge in [0.1, 0.15) is 17.4 Å². The third-order valence-electron chi connectivity index (χ3n) is 2.61. The maximum absolute atomic E-state index is 5.36. The van der Waals surface area contributed by atoms with Crippen LogP contribution in [0.5, 0.6) is 0 Å². The van der Waals surface area contributed by atoms with Crippen molar-refractivity contribution in [2.45, 2.75) is 20.4 Å². The molecule has 2 aromatic heterocycles. The molecule has 0 radical (unpaired) electrons. The molecule has 0 unspecified atom stereocenters. The standard InChI is InChI=1S/C13H18N4O/c1-3-15-12-8-14-9-13(16-12)17(4-2)10-11-6-5-7-18-11/h5-9H,3-4,10H2,1-2H3,(H,15,16). The molecular formula is C13H18N4O. The number of hydrogen-bond acceptors (Lipinski definition) is 5. The van der Waals surface area contributed by atoms with Crippen molar-refractivity contribution in [1.82, 2.24) is 9.97 Å². The normalized spacial score (nSPS) is 10.3. The number of nitrogens with zero attached hydrogens (tertiary/aromatic N) is 3. The lowest BCUT2D eigenvalue weighted by molar-refractivity contribution is 0.503. The van der Waals surface area contributed by atoms with Gasteiger partial charge in [0.25, 0.3) is 0 Å². The molecule has 2 aromatic rings. The van der Waals surface area contributed by atoms with Crippen LogP contribution in [0.1, 0.15) is 19.6 Å². The number of nitrogens with one attached hydrogen (secondary N) is 1. The highest BCUT2D eigenvalue weighted by Crippen LogP contribution is 2.15. The fourth-order valence-electron chi connectivity index (χ4n) is 1.72. The SMILES string of the molecule is CCNc1cncc(N(CC)Cc2ccco2)n1. The zero-order chi connectivity index (χ0) is 12.8. The van der Waals surface area contributed by atoms with E-state index in [1.165, 1.54) is 0 Å². The summed E-state index contributed by atoms with van der Waals surface area (Å²) in [4.78, 5) is 10.8. The fourth-order valence-corrected chi connectivity index (χ4v) is 1.72. The van der Waals surface area contributed by atoms with Crippen molar-refractivity contribution >= 4 is 11.6 Å². The van der Waals surface area contributed by atoms with Gasteiger partial charge in [-0.05, 0) is 26.0 Å². The first-order valence-electron chi connectivity index (χ1n) is 6.16. The Morgan fingerprint density at radius 1 is 1.33 bits per heavy atom. The van der Waals surface area contributed by atoms with Crippen LogP contribution >= 0.6 is 0 Å². The molecule has 0 bridgehead atoms. The quantitative estimate of drug-likeness (QED) is 0.848. The average Bonchev–Trinajstić information content (AvgIpc) is 2.89. The summed E-state index contributed by atoms with van der Waals surface area (Å²) in [6.45, 7) is 6.51. The van der Waals surface area contributed by atoms with Gasteiger partial charge in [0.2, 0.25) is 0 Å². The number of anilines is 2. The molecule has 0 aliphatic rings. The van der Waals surface area contributed by atoms with Crippen LogP contribution in [0.4, 0.5) is 11.6 Å². The molecule has 0 aliphatic heterocycles. The molecule has 5 nitrogen and oxygen atoms in total. The van der Waals surface area contributed by atoms with Crippen molar-refractivity contribution in [3.8, 4) is 0 Å².